The fraction of sp³-hybridized carbons (Fsp3) is 0.250. The van der Waals surface area contributed by atoms with Crippen molar-refractivity contribution in [3.8, 4) is 0 Å². The van der Waals surface area contributed by atoms with Gasteiger partial charge >= 0.3 is 0 Å². The first-order chi connectivity index (χ1) is 8.15. The minimum atomic E-state index is 0.796. The summed E-state index contributed by atoms with van der Waals surface area (Å²) in [4.78, 5) is 0. The molecule has 1 aromatic carbocycles. The third-order valence-corrected chi connectivity index (χ3v) is 3.35. The zero-order chi connectivity index (χ0) is 12.3. The Morgan fingerprint density at radius 3 is 2.88 bits per heavy atom. The molecule has 0 radical (unpaired) electrons. The van der Waals surface area contributed by atoms with Gasteiger partial charge in [0, 0.05) is 41.2 Å². The lowest BCUT2D eigenvalue weighted by molar-refractivity contribution is 0.742. The van der Waals surface area contributed by atoms with Crippen LogP contribution in [0.3, 0.4) is 0 Å². The molecule has 2 aromatic rings. The van der Waals surface area contributed by atoms with E-state index in [1.807, 2.05) is 42.2 Å². The quantitative estimate of drug-likeness (QED) is 0.662. The molecule has 0 atom stereocenters. The average Bonchev–Trinajstić information content (AvgIpc) is 2.68. The van der Waals surface area contributed by atoms with Gasteiger partial charge in [-0.3, -0.25) is 4.68 Å². The molecule has 1 aromatic heterocycles. The zero-order valence-electron chi connectivity index (χ0n) is 9.65. The molecule has 0 spiro atoms. The summed E-state index contributed by atoms with van der Waals surface area (Å²) >= 11 is 2.28. The minimum Gasteiger partial charge on any atom is -0.399 e. The molecule has 0 amide bonds. The van der Waals surface area contributed by atoms with Gasteiger partial charge in [-0.1, -0.05) is 0 Å². The Labute approximate surface area is 114 Å². The van der Waals surface area contributed by atoms with Crippen LogP contribution in [0.4, 0.5) is 11.4 Å². The van der Waals surface area contributed by atoms with E-state index >= 15 is 0 Å². The van der Waals surface area contributed by atoms with Crippen LogP contribution in [-0.2, 0) is 13.5 Å². The van der Waals surface area contributed by atoms with Crippen molar-refractivity contribution >= 4 is 34.0 Å². The normalized spacial score (nSPS) is 10.5. The van der Waals surface area contributed by atoms with Crippen LogP contribution < -0.4 is 11.1 Å². The first-order valence-corrected chi connectivity index (χ1v) is 6.50. The number of nitrogens with one attached hydrogen (secondary N) is 1. The average molecular weight is 342 g/mol. The van der Waals surface area contributed by atoms with Gasteiger partial charge in [0.25, 0.3) is 0 Å². The van der Waals surface area contributed by atoms with Gasteiger partial charge in [0.15, 0.2) is 0 Å². The van der Waals surface area contributed by atoms with Crippen molar-refractivity contribution in [1.82, 2.24) is 9.78 Å². The molecular formula is C12H15IN4. The topological polar surface area (TPSA) is 55.9 Å². The van der Waals surface area contributed by atoms with Crippen LogP contribution in [0.25, 0.3) is 0 Å². The molecule has 1 heterocycles. The molecule has 90 valence electrons. The van der Waals surface area contributed by atoms with E-state index < -0.39 is 0 Å². The number of hydrogen-bond donors (Lipinski definition) is 2. The predicted molar refractivity (Wildman–Crippen MR) is 79.0 cm³/mol. The zero-order valence-corrected chi connectivity index (χ0v) is 11.8. The van der Waals surface area contributed by atoms with E-state index in [0.29, 0.717) is 0 Å². The molecule has 4 nitrogen and oxygen atoms in total. The Kier molecular flexibility index (Phi) is 3.88. The maximum absolute atomic E-state index is 5.70. The predicted octanol–water partition coefficient (Wildman–Crippen LogP) is 2.26. The fourth-order valence-electron chi connectivity index (χ4n) is 1.60. The summed E-state index contributed by atoms with van der Waals surface area (Å²) in [6.45, 7) is 0.872. The van der Waals surface area contributed by atoms with E-state index in [2.05, 4.69) is 33.0 Å². The molecule has 0 aliphatic heterocycles. The largest absolute Gasteiger partial charge is 0.399 e. The standard InChI is InChI=1S/C12H15IN4/c1-17-7-5-10(16-17)4-6-15-12-3-2-9(14)8-11(12)13/h2-3,5,7-8,15H,4,6,14H2,1H3. The SMILES string of the molecule is Cn1ccc(CCNc2ccc(N)cc2I)n1. The first kappa shape index (κ1) is 12.2. The van der Waals surface area contributed by atoms with E-state index in [0.717, 1.165) is 33.6 Å². The second-order valence-electron chi connectivity index (χ2n) is 3.90. The molecule has 0 aliphatic carbocycles. The van der Waals surface area contributed by atoms with Crippen molar-refractivity contribution in [1.29, 1.82) is 0 Å². The monoisotopic (exact) mass is 342 g/mol. The van der Waals surface area contributed by atoms with Crippen LogP contribution in [-0.4, -0.2) is 16.3 Å². The van der Waals surface area contributed by atoms with Crippen LogP contribution in [0, 0.1) is 3.57 Å². The third-order valence-electron chi connectivity index (χ3n) is 2.46. The second kappa shape index (κ2) is 5.39. The number of nitrogens with zero attached hydrogens (tertiary/aromatic N) is 2. The summed E-state index contributed by atoms with van der Waals surface area (Å²) in [5.74, 6) is 0. The number of halogens is 1. The van der Waals surface area contributed by atoms with Crippen molar-refractivity contribution in [2.75, 3.05) is 17.6 Å². The van der Waals surface area contributed by atoms with Gasteiger partial charge in [-0.05, 0) is 46.9 Å². The number of aromatic nitrogens is 2. The highest BCUT2D eigenvalue weighted by molar-refractivity contribution is 14.1. The smallest absolute Gasteiger partial charge is 0.0642 e. The number of nitrogen functional groups attached to an aromatic ring is 1. The van der Waals surface area contributed by atoms with Crippen molar-refractivity contribution < 1.29 is 0 Å². The molecule has 0 bridgehead atoms. The highest BCUT2D eigenvalue weighted by Crippen LogP contribution is 2.20. The van der Waals surface area contributed by atoms with Gasteiger partial charge in [0.05, 0.1) is 5.69 Å². The van der Waals surface area contributed by atoms with Crippen LogP contribution >= 0.6 is 22.6 Å². The van der Waals surface area contributed by atoms with Crippen molar-refractivity contribution in [3.05, 3.63) is 39.7 Å². The molecule has 17 heavy (non-hydrogen) atoms. The Morgan fingerprint density at radius 1 is 1.41 bits per heavy atom. The maximum atomic E-state index is 5.70. The Balaban J connectivity index is 1.90. The summed E-state index contributed by atoms with van der Waals surface area (Å²) < 4.78 is 2.96. The van der Waals surface area contributed by atoms with E-state index in [9.17, 15) is 0 Å². The summed E-state index contributed by atoms with van der Waals surface area (Å²) in [6.07, 6.45) is 2.88. The first-order valence-electron chi connectivity index (χ1n) is 5.42. The lowest BCUT2D eigenvalue weighted by atomic mass is 10.2. The molecule has 2 rings (SSSR count). The molecule has 3 N–H and O–H groups in total. The van der Waals surface area contributed by atoms with E-state index in [-0.39, 0.29) is 0 Å². The number of benzene rings is 1. The number of aryl methyl sites for hydroxylation is 1. The summed E-state index contributed by atoms with van der Waals surface area (Å²) in [6, 6.07) is 7.92. The molecule has 0 aliphatic rings. The molecule has 0 fully saturated rings. The molecule has 5 heteroatoms. The number of nitrogens with two attached hydrogens (primary N) is 1. The number of rotatable bonds is 4. The van der Waals surface area contributed by atoms with Crippen molar-refractivity contribution in [2.24, 2.45) is 7.05 Å². The van der Waals surface area contributed by atoms with Crippen LogP contribution in [0.1, 0.15) is 5.69 Å². The molecule has 0 unspecified atom stereocenters. The van der Waals surface area contributed by atoms with Gasteiger partial charge in [0.1, 0.15) is 0 Å². The number of anilines is 2. The lowest BCUT2D eigenvalue weighted by Crippen LogP contribution is -2.07. The summed E-state index contributed by atoms with van der Waals surface area (Å²) in [7, 11) is 1.93. The Bertz CT molecular complexity index is 507. The van der Waals surface area contributed by atoms with Crippen molar-refractivity contribution in [2.45, 2.75) is 6.42 Å². The van der Waals surface area contributed by atoms with Gasteiger partial charge < -0.3 is 11.1 Å². The lowest BCUT2D eigenvalue weighted by Gasteiger charge is -2.08. The highest BCUT2D eigenvalue weighted by Gasteiger charge is 2.00. The van der Waals surface area contributed by atoms with Gasteiger partial charge in [0.2, 0.25) is 0 Å². The fourth-order valence-corrected chi connectivity index (χ4v) is 2.33. The number of hydrogen-bond acceptors (Lipinski definition) is 3. The summed E-state index contributed by atoms with van der Waals surface area (Å²) in [5, 5.41) is 7.72. The minimum absolute atomic E-state index is 0.796. The third kappa shape index (κ3) is 3.36. The Morgan fingerprint density at radius 2 is 2.24 bits per heavy atom. The van der Waals surface area contributed by atoms with E-state index in [1.54, 1.807) is 0 Å². The highest BCUT2D eigenvalue weighted by atomic mass is 127. The molecular weight excluding hydrogens is 327 g/mol. The Hall–Kier alpha value is -1.24. The molecule has 0 saturated carbocycles. The van der Waals surface area contributed by atoms with Crippen LogP contribution in [0.2, 0.25) is 0 Å². The maximum Gasteiger partial charge on any atom is 0.0642 e. The van der Waals surface area contributed by atoms with E-state index in [4.69, 9.17) is 5.73 Å². The second-order valence-corrected chi connectivity index (χ2v) is 5.06. The van der Waals surface area contributed by atoms with Crippen molar-refractivity contribution in [3.63, 3.8) is 0 Å². The molecule has 0 saturated heterocycles. The van der Waals surface area contributed by atoms with E-state index in [1.165, 1.54) is 0 Å². The van der Waals surface area contributed by atoms with Gasteiger partial charge in [-0.15, -0.1) is 0 Å². The van der Waals surface area contributed by atoms with Crippen LogP contribution in [0.15, 0.2) is 30.5 Å². The van der Waals surface area contributed by atoms with Crippen LogP contribution in [0.5, 0.6) is 0 Å². The van der Waals surface area contributed by atoms with Gasteiger partial charge in [-0.25, -0.2) is 0 Å². The summed E-state index contributed by atoms with van der Waals surface area (Å²) in [5.41, 5.74) is 8.72. The van der Waals surface area contributed by atoms with Gasteiger partial charge in [-0.2, -0.15) is 5.10 Å².